The second-order valence-electron chi connectivity index (χ2n) is 12.4. The average molecular weight is 626 g/mol. The van der Waals surface area contributed by atoms with Gasteiger partial charge in [0.2, 0.25) is 0 Å². The molecule has 0 fully saturated rings. The Labute approximate surface area is 286 Å². The molecule has 0 saturated heterocycles. The molecule has 0 N–H and O–H groups in total. The van der Waals surface area contributed by atoms with Crippen LogP contribution in [0.3, 0.4) is 0 Å². The predicted molar refractivity (Wildman–Crippen MR) is 201 cm³/mol. The predicted octanol–water partition coefficient (Wildman–Crippen LogP) is 11.4. The van der Waals surface area contributed by atoms with Crippen LogP contribution >= 0.6 is 0 Å². The Balaban J connectivity index is 1.10. The first-order chi connectivity index (χ1) is 24.3. The Morgan fingerprint density at radius 3 is 1.24 bits per heavy atom. The maximum atomic E-state index is 5.07. The summed E-state index contributed by atoms with van der Waals surface area (Å²) in [4.78, 5) is 15.1. The lowest BCUT2D eigenvalue weighted by Crippen LogP contribution is -2.01. The Hall–Kier alpha value is -6.45. The van der Waals surface area contributed by atoms with Crippen LogP contribution in [0.25, 0.3) is 78.7 Å². The molecule has 3 nitrogen and oxygen atoms in total. The molecular weight excluding hydrogens is 595 g/mol. The van der Waals surface area contributed by atoms with Crippen molar-refractivity contribution in [2.24, 2.45) is 0 Å². The summed E-state index contributed by atoms with van der Waals surface area (Å²) in [5.74, 6) is 2.04. The van der Waals surface area contributed by atoms with Crippen molar-refractivity contribution in [2.75, 3.05) is 0 Å². The van der Waals surface area contributed by atoms with E-state index in [1.165, 1.54) is 55.6 Å². The van der Waals surface area contributed by atoms with Gasteiger partial charge in [-0.3, -0.25) is 0 Å². The first kappa shape index (κ1) is 28.7. The molecule has 8 aromatic rings. The second-order valence-corrected chi connectivity index (χ2v) is 12.4. The fraction of sp³-hybridized carbons (Fsp3) is 0.0217. The van der Waals surface area contributed by atoms with Crippen molar-refractivity contribution in [1.82, 2.24) is 15.0 Å². The summed E-state index contributed by atoms with van der Waals surface area (Å²) in [6, 6.07) is 61.8. The van der Waals surface area contributed by atoms with Gasteiger partial charge >= 0.3 is 0 Å². The average Bonchev–Trinajstić information content (AvgIpc) is 3.58. The fourth-order valence-corrected chi connectivity index (χ4v) is 7.00. The highest BCUT2D eigenvalue weighted by Crippen LogP contribution is 2.45. The molecule has 9 rings (SSSR count). The zero-order valence-corrected chi connectivity index (χ0v) is 26.8. The van der Waals surface area contributed by atoms with Crippen molar-refractivity contribution in [2.45, 2.75) is 6.42 Å². The summed E-state index contributed by atoms with van der Waals surface area (Å²) in [5, 5.41) is 0. The molecule has 0 aliphatic heterocycles. The van der Waals surface area contributed by atoms with E-state index in [1.54, 1.807) is 0 Å². The van der Waals surface area contributed by atoms with Gasteiger partial charge in [-0.05, 0) is 61.7 Å². The number of fused-ring (bicyclic) bond motifs is 3. The van der Waals surface area contributed by atoms with E-state index in [9.17, 15) is 0 Å². The molecule has 230 valence electrons. The molecule has 0 amide bonds. The molecule has 0 unspecified atom stereocenters. The van der Waals surface area contributed by atoms with Crippen molar-refractivity contribution in [3.8, 4) is 78.7 Å². The number of benzene rings is 7. The molecule has 3 heteroatoms. The van der Waals surface area contributed by atoms with Crippen LogP contribution in [0, 0.1) is 0 Å². The molecular formula is C46H31N3. The van der Waals surface area contributed by atoms with Crippen molar-refractivity contribution >= 4 is 0 Å². The topological polar surface area (TPSA) is 38.7 Å². The van der Waals surface area contributed by atoms with Crippen molar-refractivity contribution in [3.63, 3.8) is 0 Å². The fourth-order valence-electron chi connectivity index (χ4n) is 7.00. The first-order valence-corrected chi connectivity index (χ1v) is 16.7. The lowest BCUT2D eigenvalue weighted by molar-refractivity contribution is 1.07. The van der Waals surface area contributed by atoms with Crippen molar-refractivity contribution in [3.05, 3.63) is 187 Å². The molecule has 1 heterocycles. The Kier molecular flexibility index (Phi) is 7.21. The molecule has 1 aliphatic carbocycles. The van der Waals surface area contributed by atoms with E-state index in [0.717, 1.165) is 23.1 Å². The minimum absolute atomic E-state index is 0.673. The summed E-state index contributed by atoms with van der Waals surface area (Å²) in [7, 11) is 0. The molecule has 0 atom stereocenters. The van der Waals surface area contributed by atoms with Crippen LogP contribution in [0.1, 0.15) is 11.1 Å². The van der Waals surface area contributed by atoms with Gasteiger partial charge in [0.15, 0.2) is 17.5 Å². The number of nitrogens with zero attached hydrogens (tertiary/aromatic N) is 3. The zero-order valence-electron chi connectivity index (χ0n) is 26.8. The summed E-state index contributed by atoms with van der Waals surface area (Å²) in [6.07, 6.45) is 0.806. The molecule has 0 radical (unpaired) electrons. The van der Waals surface area contributed by atoms with Crippen molar-refractivity contribution in [1.29, 1.82) is 0 Å². The standard InChI is InChI=1S/C46H31N3/c1-4-13-31(14-5-1)32-25-27-33(28-26-32)36-19-10-20-37(29-36)38-21-11-22-39-40-23-12-24-41(43(40)30-42(38)39)46-48-44(34-15-6-2-7-16-34)47-45(49-46)35-17-8-3-9-18-35/h1-29H,30H2. The van der Waals surface area contributed by atoms with Gasteiger partial charge in [0.1, 0.15) is 0 Å². The quantitative estimate of drug-likeness (QED) is 0.185. The van der Waals surface area contributed by atoms with Gasteiger partial charge in [0, 0.05) is 23.1 Å². The highest BCUT2D eigenvalue weighted by atomic mass is 15.0. The third-order valence-corrected chi connectivity index (χ3v) is 9.43. The van der Waals surface area contributed by atoms with E-state index in [2.05, 4.69) is 140 Å². The maximum absolute atomic E-state index is 5.07. The SMILES string of the molecule is c1ccc(-c2ccc(-c3cccc(-c4cccc5c4Cc4c(-c6nc(-c7ccccc7)nc(-c7ccccc7)n6)cccc4-5)c3)cc2)cc1. The number of hydrogen-bond acceptors (Lipinski definition) is 3. The highest BCUT2D eigenvalue weighted by molar-refractivity contribution is 5.89. The lowest BCUT2D eigenvalue weighted by Gasteiger charge is -2.12. The van der Waals surface area contributed by atoms with Gasteiger partial charge in [-0.1, -0.05) is 170 Å². The Morgan fingerprint density at radius 1 is 0.265 bits per heavy atom. The van der Waals surface area contributed by atoms with Gasteiger partial charge in [0.05, 0.1) is 0 Å². The lowest BCUT2D eigenvalue weighted by atomic mass is 9.93. The maximum Gasteiger partial charge on any atom is 0.164 e. The van der Waals surface area contributed by atoms with E-state index >= 15 is 0 Å². The van der Waals surface area contributed by atoms with E-state index in [0.29, 0.717) is 17.5 Å². The largest absolute Gasteiger partial charge is 0.208 e. The van der Waals surface area contributed by atoms with Crippen LogP contribution in [0.4, 0.5) is 0 Å². The van der Waals surface area contributed by atoms with Crippen LogP contribution < -0.4 is 0 Å². The molecule has 0 bridgehead atoms. The normalized spacial score (nSPS) is 11.6. The van der Waals surface area contributed by atoms with Gasteiger partial charge in [-0.15, -0.1) is 0 Å². The summed E-state index contributed by atoms with van der Waals surface area (Å²) in [5.41, 5.74) is 15.4. The zero-order chi connectivity index (χ0) is 32.6. The van der Waals surface area contributed by atoms with Gasteiger partial charge in [-0.2, -0.15) is 0 Å². The van der Waals surface area contributed by atoms with Crippen LogP contribution in [0.2, 0.25) is 0 Å². The Bertz CT molecular complexity index is 2380. The Morgan fingerprint density at radius 2 is 0.653 bits per heavy atom. The molecule has 0 saturated carbocycles. The van der Waals surface area contributed by atoms with Crippen LogP contribution in [-0.2, 0) is 6.42 Å². The monoisotopic (exact) mass is 625 g/mol. The third kappa shape index (κ3) is 5.42. The molecule has 1 aliphatic rings. The number of hydrogen-bond donors (Lipinski definition) is 0. The van der Waals surface area contributed by atoms with Gasteiger partial charge in [0.25, 0.3) is 0 Å². The first-order valence-electron chi connectivity index (χ1n) is 16.7. The summed E-state index contributed by atoms with van der Waals surface area (Å²) >= 11 is 0. The third-order valence-electron chi connectivity index (χ3n) is 9.43. The summed E-state index contributed by atoms with van der Waals surface area (Å²) < 4.78 is 0. The van der Waals surface area contributed by atoms with Crippen LogP contribution in [0.15, 0.2) is 176 Å². The van der Waals surface area contributed by atoms with Crippen LogP contribution in [-0.4, -0.2) is 15.0 Å². The second kappa shape index (κ2) is 12.3. The van der Waals surface area contributed by atoms with E-state index in [1.807, 2.05) is 36.4 Å². The molecule has 7 aromatic carbocycles. The minimum Gasteiger partial charge on any atom is -0.208 e. The van der Waals surface area contributed by atoms with Crippen molar-refractivity contribution < 1.29 is 0 Å². The summed E-state index contributed by atoms with van der Waals surface area (Å²) in [6.45, 7) is 0. The van der Waals surface area contributed by atoms with Gasteiger partial charge in [-0.25, -0.2) is 15.0 Å². The van der Waals surface area contributed by atoms with E-state index in [4.69, 9.17) is 15.0 Å². The molecule has 49 heavy (non-hydrogen) atoms. The van der Waals surface area contributed by atoms with E-state index in [-0.39, 0.29) is 0 Å². The number of rotatable bonds is 6. The molecule has 0 spiro atoms. The highest BCUT2D eigenvalue weighted by Gasteiger charge is 2.26. The van der Waals surface area contributed by atoms with E-state index < -0.39 is 0 Å². The smallest absolute Gasteiger partial charge is 0.164 e. The van der Waals surface area contributed by atoms with Gasteiger partial charge < -0.3 is 0 Å². The van der Waals surface area contributed by atoms with Crippen LogP contribution in [0.5, 0.6) is 0 Å². The molecule has 1 aromatic heterocycles. The number of aromatic nitrogens is 3. The minimum atomic E-state index is 0.673.